The van der Waals surface area contributed by atoms with Gasteiger partial charge < -0.3 is 10.5 Å². The summed E-state index contributed by atoms with van der Waals surface area (Å²) in [5.74, 6) is 0.640. The molecular formula is C11H13ClN4O. The highest BCUT2D eigenvalue weighted by molar-refractivity contribution is 6.31. The minimum Gasteiger partial charge on any atom is -0.494 e. The Morgan fingerprint density at radius 1 is 1.47 bits per heavy atom. The highest BCUT2D eigenvalue weighted by Crippen LogP contribution is 2.29. The number of aromatic nitrogens is 3. The van der Waals surface area contributed by atoms with E-state index in [2.05, 4.69) is 10.3 Å². The summed E-state index contributed by atoms with van der Waals surface area (Å²) in [6.07, 6.45) is 1.63. The Kier molecular flexibility index (Phi) is 3.31. The van der Waals surface area contributed by atoms with Gasteiger partial charge in [-0.05, 0) is 18.6 Å². The fourth-order valence-electron chi connectivity index (χ4n) is 1.58. The molecule has 0 aliphatic heterocycles. The lowest BCUT2D eigenvalue weighted by Gasteiger charge is -2.12. The second-order valence-corrected chi connectivity index (χ2v) is 4.02. The van der Waals surface area contributed by atoms with Crippen molar-refractivity contribution in [3.63, 3.8) is 0 Å². The lowest BCUT2D eigenvalue weighted by molar-refractivity contribution is 0.411. The zero-order chi connectivity index (χ0) is 12.4. The lowest BCUT2D eigenvalue weighted by Crippen LogP contribution is -2.08. The number of hydrogen-bond donors (Lipinski definition) is 1. The van der Waals surface area contributed by atoms with Gasteiger partial charge in [-0.25, -0.2) is 4.68 Å². The maximum atomic E-state index is 6.05. The van der Waals surface area contributed by atoms with E-state index in [1.165, 1.54) is 0 Å². The van der Waals surface area contributed by atoms with Gasteiger partial charge in [0.05, 0.1) is 19.0 Å². The standard InChI is InChI=1S/C11H13ClN4O/c1-7-3-10(11(17-2)4-9(7)12)16-8(5-13)6-14-15-16/h3-4,6H,5,13H2,1-2H3. The van der Waals surface area contributed by atoms with Crippen molar-refractivity contribution >= 4 is 11.6 Å². The van der Waals surface area contributed by atoms with Crippen LogP contribution in [0.1, 0.15) is 11.3 Å². The highest BCUT2D eigenvalue weighted by atomic mass is 35.5. The summed E-state index contributed by atoms with van der Waals surface area (Å²) in [6.45, 7) is 2.28. The van der Waals surface area contributed by atoms with Crippen molar-refractivity contribution in [1.82, 2.24) is 15.0 Å². The molecule has 0 bridgehead atoms. The average molecular weight is 253 g/mol. The Labute approximate surface area is 104 Å². The fraction of sp³-hybridized carbons (Fsp3) is 0.273. The van der Waals surface area contributed by atoms with Gasteiger partial charge >= 0.3 is 0 Å². The van der Waals surface area contributed by atoms with Crippen molar-refractivity contribution in [2.45, 2.75) is 13.5 Å². The number of aryl methyl sites for hydroxylation is 1. The molecule has 0 amide bonds. The number of rotatable bonds is 3. The first-order valence-electron chi connectivity index (χ1n) is 5.11. The number of hydrogen-bond acceptors (Lipinski definition) is 4. The van der Waals surface area contributed by atoms with Gasteiger partial charge in [-0.15, -0.1) is 5.10 Å². The first-order valence-corrected chi connectivity index (χ1v) is 5.49. The smallest absolute Gasteiger partial charge is 0.146 e. The Morgan fingerprint density at radius 2 is 2.24 bits per heavy atom. The summed E-state index contributed by atoms with van der Waals surface area (Å²) in [5.41, 5.74) is 8.16. The monoisotopic (exact) mass is 252 g/mol. The van der Waals surface area contributed by atoms with Crippen molar-refractivity contribution in [2.75, 3.05) is 7.11 Å². The van der Waals surface area contributed by atoms with Crippen LogP contribution >= 0.6 is 11.6 Å². The summed E-state index contributed by atoms with van der Waals surface area (Å²) in [6, 6.07) is 3.66. The number of ether oxygens (including phenoxy) is 1. The molecule has 2 rings (SSSR count). The van der Waals surface area contributed by atoms with Gasteiger partial charge in [0.2, 0.25) is 0 Å². The largest absolute Gasteiger partial charge is 0.494 e. The van der Waals surface area contributed by atoms with Crippen LogP contribution in [0.25, 0.3) is 5.69 Å². The number of halogens is 1. The van der Waals surface area contributed by atoms with E-state index >= 15 is 0 Å². The summed E-state index contributed by atoms with van der Waals surface area (Å²) >= 11 is 6.05. The molecule has 1 aromatic carbocycles. The topological polar surface area (TPSA) is 66.0 Å². The first-order chi connectivity index (χ1) is 8.17. The molecule has 2 N–H and O–H groups in total. The normalized spacial score (nSPS) is 10.6. The molecule has 0 saturated heterocycles. The van der Waals surface area contributed by atoms with Crippen LogP contribution in [0.2, 0.25) is 5.02 Å². The second-order valence-electron chi connectivity index (χ2n) is 3.61. The number of nitrogens with zero attached hydrogens (tertiary/aromatic N) is 3. The molecule has 5 nitrogen and oxygen atoms in total. The number of nitrogens with two attached hydrogens (primary N) is 1. The molecule has 0 radical (unpaired) electrons. The van der Waals surface area contributed by atoms with Gasteiger partial charge in [0, 0.05) is 17.6 Å². The zero-order valence-corrected chi connectivity index (χ0v) is 10.4. The molecule has 0 unspecified atom stereocenters. The molecule has 0 spiro atoms. The van der Waals surface area contributed by atoms with Crippen LogP contribution in [0.15, 0.2) is 18.3 Å². The van der Waals surface area contributed by atoms with Crippen molar-refractivity contribution in [3.8, 4) is 11.4 Å². The predicted octanol–water partition coefficient (Wildman–Crippen LogP) is 1.70. The van der Waals surface area contributed by atoms with E-state index in [0.29, 0.717) is 17.3 Å². The van der Waals surface area contributed by atoms with Crippen LogP contribution in [0.5, 0.6) is 5.75 Å². The Balaban J connectivity index is 2.62. The van der Waals surface area contributed by atoms with E-state index in [1.54, 1.807) is 24.1 Å². The molecule has 90 valence electrons. The van der Waals surface area contributed by atoms with Crippen molar-refractivity contribution in [2.24, 2.45) is 5.73 Å². The van der Waals surface area contributed by atoms with Crippen LogP contribution < -0.4 is 10.5 Å². The van der Waals surface area contributed by atoms with E-state index in [9.17, 15) is 0 Å². The molecule has 1 heterocycles. The number of methoxy groups -OCH3 is 1. The summed E-state index contributed by atoms with van der Waals surface area (Å²) in [5, 5.41) is 8.49. The van der Waals surface area contributed by atoms with Crippen molar-refractivity contribution in [3.05, 3.63) is 34.6 Å². The molecule has 1 aromatic heterocycles. The number of benzene rings is 1. The molecule has 2 aromatic rings. The third kappa shape index (κ3) is 2.11. The molecule has 17 heavy (non-hydrogen) atoms. The van der Waals surface area contributed by atoms with Crippen molar-refractivity contribution < 1.29 is 4.74 Å². The van der Waals surface area contributed by atoms with Crippen LogP contribution in [0.3, 0.4) is 0 Å². The Bertz CT molecular complexity index is 538. The summed E-state index contributed by atoms with van der Waals surface area (Å²) in [4.78, 5) is 0. The fourth-order valence-corrected chi connectivity index (χ4v) is 1.73. The van der Waals surface area contributed by atoms with Gasteiger partial charge in [0.25, 0.3) is 0 Å². The van der Waals surface area contributed by atoms with Crippen molar-refractivity contribution in [1.29, 1.82) is 0 Å². The van der Waals surface area contributed by atoms with E-state index < -0.39 is 0 Å². The first kappa shape index (κ1) is 11.9. The Morgan fingerprint density at radius 3 is 2.88 bits per heavy atom. The molecule has 0 fully saturated rings. The van der Waals surface area contributed by atoms with Gasteiger partial charge in [-0.1, -0.05) is 16.8 Å². The minimum absolute atomic E-state index is 0.359. The van der Waals surface area contributed by atoms with E-state index in [0.717, 1.165) is 16.9 Å². The SMILES string of the molecule is COc1cc(Cl)c(C)cc1-n1nncc1CN. The van der Waals surface area contributed by atoms with Crippen LogP contribution in [-0.4, -0.2) is 22.1 Å². The molecule has 0 aliphatic carbocycles. The molecule has 0 atom stereocenters. The summed E-state index contributed by atoms with van der Waals surface area (Å²) in [7, 11) is 1.59. The average Bonchev–Trinajstić information content (AvgIpc) is 2.80. The van der Waals surface area contributed by atoms with E-state index in [-0.39, 0.29) is 0 Å². The third-order valence-corrected chi connectivity index (χ3v) is 2.92. The van der Waals surface area contributed by atoms with Crippen LogP contribution in [0.4, 0.5) is 0 Å². The van der Waals surface area contributed by atoms with Gasteiger partial charge in [0.1, 0.15) is 11.4 Å². The molecule has 6 heteroatoms. The van der Waals surface area contributed by atoms with Gasteiger partial charge in [-0.2, -0.15) is 0 Å². The van der Waals surface area contributed by atoms with Crippen LogP contribution in [-0.2, 0) is 6.54 Å². The zero-order valence-electron chi connectivity index (χ0n) is 9.64. The maximum Gasteiger partial charge on any atom is 0.146 e. The summed E-state index contributed by atoms with van der Waals surface area (Å²) < 4.78 is 6.95. The molecule has 0 saturated carbocycles. The lowest BCUT2D eigenvalue weighted by atomic mass is 10.2. The van der Waals surface area contributed by atoms with Gasteiger partial charge in [0.15, 0.2) is 0 Å². The van der Waals surface area contributed by atoms with Gasteiger partial charge in [-0.3, -0.25) is 0 Å². The molecule has 0 aliphatic rings. The second kappa shape index (κ2) is 4.73. The predicted molar refractivity (Wildman–Crippen MR) is 65.5 cm³/mol. The maximum absolute atomic E-state index is 6.05. The van der Waals surface area contributed by atoms with E-state index in [1.807, 2.05) is 13.0 Å². The minimum atomic E-state index is 0.359. The highest BCUT2D eigenvalue weighted by Gasteiger charge is 2.12. The van der Waals surface area contributed by atoms with Crippen LogP contribution in [0, 0.1) is 6.92 Å². The third-order valence-electron chi connectivity index (χ3n) is 2.52. The van der Waals surface area contributed by atoms with E-state index in [4.69, 9.17) is 22.1 Å². The Hall–Kier alpha value is -1.59. The molecular weight excluding hydrogens is 240 g/mol. The quantitative estimate of drug-likeness (QED) is 0.903.